The first-order valence-electron chi connectivity index (χ1n) is 7.47. The lowest BCUT2D eigenvalue weighted by atomic mass is 9.89. The van der Waals surface area contributed by atoms with E-state index < -0.39 is 0 Å². The van der Waals surface area contributed by atoms with Gasteiger partial charge >= 0.3 is 0 Å². The van der Waals surface area contributed by atoms with Gasteiger partial charge in [-0.05, 0) is 51.6 Å². The quantitative estimate of drug-likeness (QED) is 0.731. The number of hydrogen-bond donors (Lipinski definition) is 0. The largest absolute Gasteiger partial charge is 0.306 e. The van der Waals surface area contributed by atoms with E-state index in [0.29, 0.717) is 11.7 Å². The first kappa shape index (κ1) is 13.1. The minimum Gasteiger partial charge on any atom is -0.306 e. The molecule has 0 saturated heterocycles. The zero-order valence-electron chi connectivity index (χ0n) is 11.3. The van der Waals surface area contributed by atoms with Gasteiger partial charge in [-0.1, -0.05) is 19.3 Å². The number of hydrogen-bond acceptors (Lipinski definition) is 2. The molecular formula is C15H27NO. The maximum absolute atomic E-state index is 11.6. The number of ketones is 1. The molecule has 0 bridgehead atoms. The molecule has 0 radical (unpaired) electrons. The van der Waals surface area contributed by atoms with Gasteiger partial charge in [-0.25, -0.2) is 0 Å². The molecule has 1 unspecified atom stereocenters. The molecule has 0 amide bonds. The number of carbonyl (C=O) groups excluding carboxylic acids is 1. The van der Waals surface area contributed by atoms with E-state index in [2.05, 4.69) is 11.9 Å². The van der Waals surface area contributed by atoms with Crippen LogP contribution in [0.2, 0.25) is 0 Å². The number of carbonyl (C=O) groups is 1. The van der Waals surface area contributed by atoms with Gasteiger partial charge in [-0.2, -0.15) is 0 Å². The summed E-state index contributed by atoms with van der Waals surface area (Å²) in [6.07, 6.45) is 11.4. The fraction of sp³-hybridized carbons (Fsp3) is 0.933. The first-order chi connectivity index (χ1) is 8.25. The molecule has 2 rings (SSSR count). The highest BCUT2D eigenvalue weighted by Gasteiger charge is 2.24. The fourth-order valence-corrected chi connectivity index (χ4v) is 3.47. The van der Waals surface area contributed by atoms with E-state index in [-0.39, 0.29) is 0 Å². The Morgan fingerprint density at radius 1 is 1.12 bits per heavy atom. The molecule has 2 nitrogen and oxygen atoms in total. The van der Waals surface area contributed by atoms with Crippen LogP contribution in [0.1, 0.15) is 57.8 Å². The maximum Gasteiger partial charge on any atom is 0.136 e. The molecule has 2 aliphatic carbocycles. The summed E-state index contributed by atoms with van der Waals surface area (Å²) < 4.78 is 0. The van der Waals surface area contributed by atoms with Crippen molar-refractivity contribution in [2.24, 2.45) is 11.8 Å². The Labute approximate surface area is 106 Å². The van der Waals surface area contributed by atoms with Crippen molar-refractivity contribution in [1.82, 2.24) is 4.90 Å². The summed E-state index contributed by atoms with van der Waals surface area (Å²) in [6, 6.07) is 0. The van der Waals surface area contributed by atoms with Crippen LogP contribution < -0.4 is 0 Å². The fourth-order valence-electron chi connectivity index (χ4n) is 3.47. The highest BCUT2D eigenvalue weighted by atomic mass is 16.1. The lowest BCUT2D eigenvalue weighted by molar-refractivity contribution is -0.120. The van der Waals surface area contributed by atoms with Crippen LogP contribution in [-0.4, -0.2) is 30.8 Å². The Morgan fingerprint density at radius 2 is 1.88 bits per heavy atom. The summed E-state index contributed by atoms with van der Waals surface area (Å²) in [5.41, 5.74) is 0. The van der Waals surface area contributed by atoms with Crippen molar-refractivity contribution in [1.29, 1.82) is 0 Å². The van der Waals surface area contributed by atoms with Crippen LogP contribution in [0.3, 0.4) is 0 Å². The van der Waals surface area contributed by atoms with Gasteiger partial charge in [0.05, 0.1) is 0 Å². The summed E-state index contributed by atoms with van der Waals surface area (Å²) in [4.78, 5) is 14.0. The lowest BCUT2D eigenvalue weighted by Crippen LogP contribution is -2.29. The maximum atomic E-state index is 11.6. The van der Waals surface area contributed by atoms with E-state index in [0.717, 1.165) is 38.1 Å². The third-order valence-electron chi connectivity index (χ3n) is 4.59. The summed E-state index contributed by atoms with van der Waals surface area (Å²) in [5.74, 6) is 1.84. The van der Waals surface area contributed by atoms with Gasteiger partial charge in [-0.3, -0.25) is 4.79 Å². The van der Waals surface area contributed by atoms with Gasteiger partial charge in [0, 0.05) is 18.9 Å². The molecule has 2 saturated carbocycles. The Balaban J connectivity index is 1.62. The van der Waals surface area contributed by atoms with Crippen LogP contribution in [0.4, 0.5) is 0 Å². The molecule has 2 aliphatic rings. The van der Waals surface area contributed by atoms with Crippen molar-refractivity contribution < 1.29 is 4.79 Å². The van der Waals surface area contributed by atoms with Crippen LogP contribution in [0.15, 0.2) is 0 Å². The minimum absolute atomic E-state index is 0.392. The Bertz CT molecular complexity index is 245. The summed E-state index contributed by atoms with van der Waals surface area (Å²) in [7, 11) is 2.23. The molecule has 98 valence electrons. The minimum atomic E-state index is 0.392. The monoisotopic (exact) mass is 237 g/mol. The third-order valence-corrected chi connectivity index (χ3v) is 4.59. The standard InChI is InChI=1S/C15H27NO/c1-16(12-13-6-3-2-4-7-13)11-10-14-8-5-9-15(14)17/h13-14H,2-12H2,1H3. The van der Waals surface area contributed by atoms with Crippen LogP contribution in [0.5, 0.6) is 0 Å². The predicted octanol–water partition coefficient (Wildman–Crippen LogP) is 3.26. The SMILES string of the molecule is CN(CCC1CCCC1=O)CC1CCCCC1. The van der Waals surface area contributed by atoms with Crippen molar-refractivity contribution >= 4 is 5.78 Å². The summed E-state index contributed by atoms with van der Waals surface area (Å²) in [5, 5.41) is 0. The summed E-state index contributed by atoms with van der Waals surface area (Å²) in [6.45, 7) is 2.37. The zero-order chi connectivity index (χ0) is 12.1. The number of nitrogens with zero attached hydrogens (tertiary/aromatic N) is 1. The molecule has 2 heteroatoms. The first-order valence-corrected chi connectivity index (χ1v) is 7.47. The number of rotatable bonds is 5. The predicted molar refractivity (Wildman–Crippen MR) is 71.0 cm³/mol. The average Bonchev–Trinajstić information content (AvgIpc) is 2.74. The van der Waals surface area contributed by atoms with Crippen LogP contribution in [-0.2, 0) is 4.79 Å². The van der Waals surface area contributed by atoms with E-state index >= 15 is 0 Å². The molecule has 17 heavy (non-hydrogen) atoms. The molecule has 0 aliphatic heterocycles. The molecule has 0 N–H and O–H groups in total. The Hall–Kier alpha value is -0.370. The second-order valence-electron chi connectivity index (χ2n) is 6.11. The third kappa shape index (κ3) is 4.09. The lowest BCUT2D eigenvalue weighted by Gasteiger charge is -2.27. The molecule has 0 heterocycles. The Kier molecular flexibility index (Phi) is 5.02. The van der Waals surface area contributed by atoms with Crippen molar-refractivity contribution in [2.45, 2.75) is 57.8 Å². The Morgan fingerprint density at radius 3 is 2.53 bits per heavy atom. The van der Waals surface area contributed by atoms with Crippen LogP contribution >= 0.6 is 0 Å². The zero-order valence-corrected chi connectivity index (χ0v) is 11.3. The van der Waals surface area contributed by atoms with E-state index in [1.165, 1.54) is 38.6 Å². The van der Waals surface area contributed by atoms with Crippen molar-refractivity contribution in [3.8, 4) is 0 Å². The smallest absolute Gasteiger partial charge is 0.136 e. The summed E-state index contributed by atoms with van der Waals surface area (Å²) >= 11 is 0. The van der Waals surface area contributed by atoms with E-state index in [1.807, 2.05) is 0 Å². The van der Waals surface area contributed by atoms with Crippen LogP contribution in [0.25, 0.3) is 0 Å². The van der Waals surface area contributed by atoms with Gasteiger partial charge in [0.15, 0.2) is 0 Å². The highest BCUT2D eigenvalue weighted by molar-refractivity contribution is 5.82. The molecule has 0 aromatic heterocycles. The van der Waals surface area contributed by atoms with Gasteiger partial charge in [0.2, 0.25) is 0 Å². The van der Waals surface area contributed by atoms with Gasteiger partial charge in [-0.15, -0.1) is 0 Å². The van der Waals surface area contributed by atoms with E-state index in [1.54, 1.807) is 0 Å². The molecule has 0 aromatic carbocycles. The van der Waals surface area contributed by atoms with E-state index in [9.17, 15) is 4.79 Å². The van der Waals surface area contributed by atoms with Crippen LogP contribution in [0, 0.1) is 11.8 Å². The molecular weight excluding hydrogens is 210 g/mol. The number of Topliss-reactive ketones (excluding diaryl/α,β-unsaturated/α-hetero) is 1. The molecule has 2 fully saturated rings. The highest BCUT2D eigenvalue weighted by Crippen LogP contribution is 2.26. The average molecular weight is 237 g/mol. The topological polar surface area (TPSA) is 20.3 Å². The van der Waals surface area contributed by atoms with E-state index in [4.69, 9.17) is 0 Å². The van der Waals surface area contributed by atoms with Crippen molar-refractivity contribution in [3.63, 3.8) is 0 Å². The van der Waals surface area contributed by atoms with Crippen molar-refractivity contribution in [2.75, 3.05) is 20.1 Å². The molecule has 0 aromatic rings. The normalized spacial score (nSPS) is 26.9. The van der Waals surface area contributed by atoms with Gasteiger partial charge < -0.3 is 4.90 Å². The molecule has 1 atom stereocenters. The van der Waals surface area contributed by atoms with Gasteiger partial charge in [0.1, 0.15) is 5.78 Å². The second kappa shape index (κ2) is 6.53. The van der Waals surface area contributed by atoms with Crippen molar-refractivity contribution in [3.05, 3.63) is 0 Å². The van der Waals surface area contributed by atoms with Gasteiger partial charge in [0.25, 0.3) is 0 Å². The second-order valence-corrected chi connectivity index (χ2v) is 6.11. The molecule has 0 spiro atoms.